The molecule has 1 aromatic heterocycles. The minimum atomic E-state index is -1.84. The molecule has 2 aliphatic heterocycles. The Labute approximate surface area is 617 Å². The Morgan fingerprint density at radius 3 is 1.45 bits per heavy atom. The van der Waals surface area contributed by atoms with Gasteiger partial charge in [-0.2, -0.15) is 0 Å². The molecular weight excluding hydrogens is 1380 g/mol. The second kappa shape index (κ2) is 44.1. The summed E-state index contributed by atoms with van der Waals surface area (Å²) in [5.41, 5.74) is 12.5. The average molecular weight is 1500 g/mol. The summed E-state index contributed by atoms with van der Waals surface area (Å²) < 4.78 is 0. The fraction of sp³-hybridized carbons (Fsp3) is 0.676. The SMILES string of the molecule is CC[C@H](C)[C@H](NC(=O)[C@@H](NC(=O)[C@@H](NC(=O)[C@H](Cc1ccccc1)NC(=O)[C@@H]1CCCN1C(=O)[C@@H](NC(=O)[C@@H](NC(=O)[C@H](CCCCN)NC(=O)[C@H](CCC(=O)O)NC(=O)[C@@H](NC(=O)[C@@H]1CCCN1C(=O)[C@H](Cc1c[nH]cn1)NC(=O)[C@@H](N)CO)[C@@H](C)O)[C@@H](C)O)[C@@H](C)CC)[C@@H](C)CC)[C@@H](C)CC)C(=O)O. The first-order chi connectivity index (χ1) is 50.2. The van der Waals surface area contributed by atoms with E-state index in [1.807, 2.05) is 0 Å². The summed E-state index contributed by atoms with van der Waals surface area (Å²) in [6.07, 6.45) is 0.480. The van der Waals surface area contributed by atoms with Gasteiger partial charge in [0, 0.05) is 38.5 Å². The highest BCUT2D eigenvalue weighted by Gasteiger charge is 2.45. The van der Waals surface area contributed by atoms with Crippen molar-refractivity contribution < 1.29 is 92.7 Å². The lowest BCUT2D eigenvalue weighted by Crippen LogP contribution is -2.63. The van der Waals surface area contributed by atoms with E-state index in [9.17, 15) is 92.7 Å². The maximum Gasteiger partial charge on any atom is 0.326 e. The van der Waals surface area contributed by atoms with Crippen molar-refractivity contribution in [2.45, 2.75) is 256 Å². The van der Waals surface area contributed by atoms with Gasteiger partial charge in [-0.15, -0.1) is 0 Å². The van der Waals surface area contributed by atoms with Crippen LogP contribution in [0.3, 0.4) is 0 Å². The number of aliphatic carboxylic acids is 2. The smallest absolute Gasteiger partial charge is 0.326 e. The number of imidazole rings is 1. The number of unbranched alkanes of at least 4 members (excludes halogenated alkanes) is 1. The maximum atomic E-state index is 15.0. The van der Waals surface area contributed by atoms with Crippen LogP contribution in [0.4, 0.5) is 0 Å². The number of amides is 12. The second-order valence-corrected chi connectivity index (χ2v) is 27.9. The lowest BCUT2D eigenvalue weighted by atomic mass is 9.93. The zero-order chi connectivity index (χ0) is 79.2. The number of carbonyl (C=O) groups excluding carboxylic acids is 12. The van der Waals surface area contributed by atoms with Crippen molar-refractivity contribution in [3.05, 3.63) is 54.1 Å². The molecule has 106 heavy (non-hydrogen) atoms. The number of likely N-dealkylation sites (tertiary alicyclic amines) is 2. The molecule has 0 bridgehead atoms. The van der Waals surface area contributed by atoms with E-state index in [2.05, 4.69) is 63.1 Å². The van der Waals surface area contributed by atoms with Gasteiger partial charge in [0.15, 0.2) is 0 Å². The molecule has 2 aliphatic rings. The number of H-pyrrole nitrogens is 1. The lowest BCUT2D eigenvalue weighted by molar-refractivity contribution is -0.144. The second-order valence-electron chi connectivity index (χ2n) is 27.9. The van der Waals surface area contributed by atoms with Crippen molar-refractivity contribution in [3.8, 4) is 0 Å². The van der Waals surface area contributed by atoms with Crippen molar-refractivity contribution in [2.24, 2.45) is 35.1 Å². The highest BCUT2D eigenvalue weighted by Crippen LogP contribution is 2.25. The molecule has 0 unspecified atom stereocenters. The van der Waals surface area contributed by atoms with E-state index < -0.39 is 217 Å². The number of aromatic nitrogens is 2. The Kier molecular flexibility index (Phi) is 37.1. The third-order valence-electron chi connectivity index (χ3n) is 19.8. The number of carboxylic acids is 2. The standard InChI is InChI=1S/C71H114N16O19/c1-11-37(5)53(65(99)81-54(38(6)12-2)66(100)83-56(71(105)106)40(8)14-4)80-62(96)48(32-43-22-16-15-17-23-43)78-63(97)50-25-21-31-87(50)70(104)55(39(7)13-3)82-68(102)58(42(10)90)84-61(95)46(24-18-19-29-72)76-60(94)47(27-28-52(91)92)77-67(101)57(41(9)89)85-64(98)51-26-20-30-86(51)69(103)49(33-44-34-74-36-75-44)79-59(93)45(73)35-88/h15-17,22-23,34,36-42,45-51,53-58,88-90H,11-14,18-21,24-33,35,72-73H2,1-10H3,(H,74,75)(H,76,94)(H,77,101)(H,78,97)(H,79,93)(H,80,96)(H,81,99)(H,82,102)(H,83,100)(H,84,95)(H,85,98)(H,91,92)(H,105,106)/t37-,38-,39-,40-,41+,42+,45-,46-,47-,48-,49-,50-,51-,53-,54-,55-,56-,57-,58-/m0/s1. The van der Waals surface area contributed by atoms with Gasteiger partial charge in [0.25, 0.3) is 0 Å². The van der Waals surface area contributed by atoms with Gasteiger partial charge in [-0.25, -0.2) is 9.78 Å². The fourth-order valence-corrected chi connectivity index (χ4v) is 12.4. The van der Waals surface area contributed by atoms with Crippen molar-refractivity contribution in [1.29, 1.82) is 0 Å². The number of aromatic amines is 1. The summed E-state index contributed by atoms with van der Waals surface area (Å²) in [6, 6.07) is -9.98. The topological polar surface area (TPSA) is 548 Å². The molecule has 1 aromatic carbocycles. The Bertz CT molecular complexity index is 3270. The third-order valence-corrected chi connectivity index (χ3v) is 19.8. The molecule has 2 saturated heterocycles. The predicted octanol–water partition coefficient (Wildman–Crippen LogP) is -2.63. The number of aliphatic hydroxyl groups excluding tert-OH is 3. The first-order valence-electron chi connectivity index (χ1n) is 36.7. The van der Waals surface area contributed by atoms with Gasteiger partial charge in [-0.05, 0) is 101 Å². The molecule has 2 fully saturated rings. The Balaban J connectivity index is 1.56. The van der Waals surface area contributed by atoms with E-state index >= 15 is 0 Å². The molecular formula is C71H114N16O19. The van der Waals surface area contributed by atoms with Gasteiger partial charge >= 0.3 is 11.9 Å². The van der Waals surface area contributed by atoms with E-state index in [-0.39, 0.29) is 71.0 Å². The summed E-state index contributed by atoms with van der Waals surface area (Å²) in [6.45, 7) is 15.6. The number of hydrogen-bond donors (Lipinski definition) is 18. The zero-order valence-corrected chi connectivity index (χ0v) is 62.4. The summed E-state index contributed by atoms with van der Waals surface area (Å²) in [5.74, 6) is -15.4. The number of carbonyl (C=O) groups is 14. The van der Waals surface area contributed by atoms with Crippen LogP contribution in [0.15, 0.2) is 42.9 Å². The molecule has 35 nitrogen and oxygen atoms in total. The van der Waals surface area contributed by atoms with Crippen LogP contribution in [0.25, 0.3) is 0 Å². The van der Waals surface area contributed by atoms with Crippen LogP contribution in [0, 0.1) is 23.7 Å². The van der Waals surface area contributed by atoms with E-state index in [1.165, 1.54) is 24.3 Å². The van der Waals surface area contributed by atoms with Gasteiger partial charge in [0.2, 0.25) is 70.9 Å². The molecule has 35 heteroatoms. The van der Waals surface area contributed by atoms with Gasteiger partial charge in [0.1, 0.15) is 78.5 Å². The van der Waals surface area contributed by atoms with E-state index in [1.54, 1.807) is 85.7 Å². The molecule has 19 atom stereocenters. The van der Waals surface area contributed by atoms with Crippen molar-refractivity contribution in [3.63, 3.8) is 0 Å². The van der Waals surface area contributed by atoms with Crippen LogP contribution in [0.1, 0.15) is 164 Å². The normalized spacial score (nSPS) is 19.1. The number of rotatable bonds is 45. The molecule has 0 radical (unpaired) electrons. The first kappa shape index (κ1) is 89.2. The van der Waals surface area contributed by atoms with Crippen LogP contribution < -0.4 is 64.6 Å². The quantitative estimate of drug-likeness (QED) is 0.0302. The number of benzene rings is 1. The molecule has 3 heterocycles. The maximum absolute atomic E-state index is 15.0. The highest BCUT2D eigenvalue weighted by atomic mass is 16.4. The van der Waals surface area contributed by atoms with Crippen LogP contribution in [0.5, 0.6) is 0 Å². The number of nitrogens with two attached hydrogens (primary N) is 2. The van der Waals surface area contributed by atoms with Gasteiger partial charge in [-0.3, -0.25) is 62.3 Å². The predicted molar refractivity (Wildman–Crippen MR) is 385 cm³/mol. The van der Waals surface area contributed by atoms with Crippen molar-refractivity contribution in [2.75, 3.05) is 26.2 Å². The van der Waals surface area contributed by atoms with Crippen LogP contribution in [-0.2, 0) is 80.0 Å². The molecule has 2 aromatic rings. The van der Waals surface area contributed by atoms with Crippen molar-refractivity contribution in [1.82, 2.24) is 72.9 Å². The summed E-state index contributed by atoms with van der Waals surface area (Å²) >= 11 is 0. The monoisotopic (exact) mass is 1490 g/mol. The molecule has 12 amide bonds. The lowest BCUT2D eigenvalue weighted by Gasteiger charge is -2.34. The van der Waals surface area contributed by atoms with E-state index in [0.717, 1.165) is 11.8 Å². The highest BCUT2D eigenvalue weighted by molar-refractivity contribution is 6.00. The molecule has 20 N–H and O–H groups in total. The van der Waals surface area contributed by atoms with Crippen LogP contribution in [0.2, 0.25) is 0 Å². The zero-order valence-electron chi connectivity index (χ0n) is 62.4. The summed E-state index contributed by atoms with van der Waals surface area (Å²) in [7, 11) is 0. The summed E-state index contributed by atoms with van der Waals surface area (Å²) in [4.78, 5) is 205. The third kappa shape index (κ3) is 26.4. The summed E-state index contributed by atoms with van der Waals surface area (Å²) in [5, 5.41) is 77.2. The Morgan fingerprint density at radius 2 is 0.943 bits per heavy atom. The average Bonchev–Trinajstić information content (AvgIpc) is 1.56. The van der Waals surface area contributed by atoms with Crippen LogP contribution in [-0.4, -0.2) is 245 Å². The number of nitrogens with one attached hydrogen (secondary N) is 11. The van der Waals surface area contributed by atoms with E-state index in [0.29, 0.717) is 43.4 Å². The number of nitrogens with zero attached hydrogens (tertiary/aromatic N) is 3. The fourth-order valence-electron chi connectivity index (χ4n) is 12.4. The first-order valence-corrected chi connectivity index (χ1v) is 36.7. The van der Waals surface area contributed by atoms with Gasteiger partial charge < -0.3 is 105 Å². The Morgan fingerprint density at radius 1 is 0.509 bits per heavy atom. The number of hydrogen-bond acceptors (Lipinski definition) is 20. The number of aliphatic hydroxyl groups is 3. The molecule has 4 rings (SSSR count). The van der Waals surface area contributed by atoms with Gasteiger partial charge in [-0.1, -0.05) is 111 Å². The Hall–Kier alpha value is -9.19. The van der Waals surface area contributed by atoms with E-state index in [4.69, 9.17) is 11.5 Å². The van der Waals surface area contributed by atoms with Crippen molar-refractivity contribution >= 4 is 82.8 Å². The minimum absolute atomic E-state index is 0.0181. The number of carboxylic acid groups (broad SMARTS) is 2. The molecule has 0 saturated carbocycles. The van der Waals surface area contributed by atoms with Gasteiger partial charge in [0.05, 0.1) is 30.8 Å². The minimum Gasteiger partial charge on any atom is -0.481 e. The van der Waals surface area contributed by atoms with Crippen LogP contribution >= 0.6 is 0 Å². The molecule has 592 valence electrons. The largest absolute Gasteiger partial charge is 0.481 e. The molecule has 0 spiro atoms. The molecule has 0 aliphatic carbocycles.